The van der Waals surface area contributed by atoms with Gasteiger partial charge in [0.2, 0.25) is 0 Å². The van der Waals surface area contributed by atoms with Crippen molar-refractivity contribution in [2.45, 2.75) is 32.5 Å². The molecular weight excluding hydrogens is 346 g/mol. The van der Waals surface area contributed by atoms with Crippen molar-refractivity contribution in [2.24, 2.45) is 0 Å². The number of morpholine rings is 1. The molecule has 0 amide bonds. The van der Waals surface area contributed by atoms with E-state index in [-0.39, 0.29) is 17.5 Å². The topological polar surface area (TPSA) is 38.5 Å². The molecule has 2 N–H and O–H groups in total. The highest BCUT2D eigenvalue weighted by molar-refractivity contribution is 14.1. The average molecular weight is 364 g/mol. The summed E-state index contributed by atoms with van der Waals surface area (Å²) in [5.74, 6) is -0.225. The minimum Gasteiger partial charge on any atom is -0.397 e. The van der Waals surface area contributed by atoms with E-state index in [9.17, 15) is 4.39 Å². The van der Waals surface area contributed by atoms with Crippen LogP contribution in [0.25, 0.3) is 0 Å². The summed E-state index contributed by atoms with van der Waals surface area (Å²) in [6, 6.07) is 3.20. The van der Waals surface area contributed by atoms with Gasteiger partial charge in [0.1, 0.15) is 5.82 Å². The lowest BCUT2D eigenvalue weighted by molar-refractivity contribution is -0.0749. The third-order valence-corrected chi connectivity index (χ3v) is 3.81. The Morgan fingerprint density at radius 1 is 1.50 bits per heavy atom. The molecule has 3 nitrogen and oxygen atoms in total. The smallest absolute Gasteiger partial charge is 0.138 e. The predicted molar refractivity (Wildman–Crippen MR) is 80.4 cm³/mol. The molecule has 0 spiro atoms. The molecule has 1 fully saturated rings. The van der Waals surface area contributed by atoms with E-state index in [1.54, 1.807) is 6.07 Å². The first kappa shape index (κ1) is 13.9. The van der Waals surface area contributed by atoms with E-state index >= 15 is 0 Å². The number of hydrogen-bond acceptors (Lipinski definition) is 3. The highest BCUT2D eigenvalue weighted by Gasteiger charge is 2.32. The number of benzene rings is 1. The van der Waals surface area contributed by atoms with Crippen molar-refractivity contribution >= 4 is 34.0 Å². The Labute approximate surface area is 121 Å². The van der Waals surface area contributed by atoms with Crippen molar-refractivity contribution in [2.75, 3.05) is 23.7 Å². The second-order valence-electron chi connectivity index (χ2n) is 5.39. The predicted octanol–water partition coefficient (Wildman–Crippen LogP) is 3.02. The quantitative estimate of drug-likeness (QED) is 0.615. The van der Waals surface area contributed by atoms with Crippen molar-refractivity contribution in [1.29, 1.82) is 0 Å². The summed E-state index contributed by atoms with van der Waals surface area (Å²) in [5, 5.41) is 0. The molecule has 0 aliphatic carbocycles. The summed E-state index contributed by atoms with van der Waals surface area (Å²) in [6.45, 7) is 7.53. The molecule has 1 unspecified atom stereocenters. The van der Waals surface area contributed by atoms with Crippen LogP contribution in [0.2, 0.25) is 0 Å². The molecule has 1 saturated heterocycles. The lowest BCUT2D eigenvalue weighted by atomic mass is 10.0. The van der Waals surface area contributed by atoms with E-state index in [4.69, 9.17) is 10.5 Å². The molecule has 1 aromatic rings. The molecule has 0 bridgehead atoms. The van der Waals surface area contributed by atoms with Gasteiger partial charge in [-0.1, -0.05) is 0 Å². The number of anilines is 2. The van der Waals surface area contributed by atoms with E-state index in [0.29, 0.717) is 15.8 Å². The van der Waals surface area contributed by atoms with Gasteiger partial charge in [0, 0.05) is 19.2 Å². The van der Waals surface area contributed by atoms with E-state index in [2.05, 4.69) is 4.90 Å². The first-order chi connectivity index (χ1) is 8.28. The van der Waals surface area contributed by atoms with E-state index in [1.165, 1.54) is 6.07 Å². The van der Waals surface area contributed by atoms with Crippen LogP contribution in [0.4, 0.5) is 15.8 Å². The summed E-state index contributed by atoms with van der Waals surface area (Å²) in [7, 11) is 0. The number of nitrogen functional groups attached to an aromatic ring is 1. The molecule has 1 heterocycles. The van der Waals surface area contributed by atoms with Gasteiger partial charge in [0.25, 0.3) is 0 Å². The van der Waals surface area contributed by atoms with Crippen molar-refractivity contribution in [3.8, 4) is 0 Å². The number of halogens is 2. The molecule has 2 rings (SSSR count). The normalized spacial score (nSPS) is 23.2. The Kier molecular flexibility index (Phi) is 3.73. The summed E-state index contributed by atoms with van der Waals surface area (Å²) in [5.41, 5.74) is 7.13. The maximum atomic E-state index is 13.7. The minimum absolute atomic E-state index is 0.107. The second kappa shape index (κ2) is 4.85. The molecular formula is C13H18FIN2O. The minimum atomic E-state index is -0.246. The van der Waals surface area contributed by atoms with Crippen molar-refractivity contribution < 1.29 is 9.13 Å². The molecule has 0 aromatic heterocycles. The second-order valence-corrected chi connectivity index (χ2v) is 6.56. The number of rotatable bonds is 1. The van der Waals surface area contributed by atoms with Gasteiger partial charge in [-0.3, -0.25) is 0 Å². The lowest BCUT2D eigenvalue weighted by Crippen LogP contribution is -2.52. The van der Waals surface area contributed by atoms with Crippen LogP contribution in [0.15, 0.2) is 12.1 Å². The van der Waals surface area contributed by atoms with Crippen LogP contribution in [-0.2, 0) is 4.74 Å². The molecule has 1 aromatic carbocycles. The maximum absolute atomic E-state index is 13.7. The SMILES string of the molecule is CC1CN(c2cc(F)c(I)cc2N)CC(C)(C)O1. The van der Waals surface area contributed by atoms with Gasteiger partial charge in [-0.05, 0) is 49.4 Å². The van der Waals surface area contributed by atoms with Crippen LogP contribution in [0.5, 0.6) is 0 Å². The van der Waals surface area contributed by atoms with Gasteiger partial charge in [-0.25, -0.2) is 4.39 Å². The largest absolute Gasteiger partial charge is 0.397 e. The fourth-order valence-corrected chi connectivity index (χ4v) is 2.95. The monoisotopic (exact) mass is 364 g/mol. The fourth-order valence-electron chi connectivity index (χ4n) is 2.46. The third kappa shape index (κ3) is 2.88. The Bertz CT molecular complexity index is 465. The Morgan fingerprint density at radius 2 is 2.17 bits per heavy atom. The first-order valence-electron chi connectivity index (χ1n) is 5.96. The van der Waals surface area contributed by atoms with E-state index in [0.717, 1.165) is 12.2 Å². The third-order valence-electron chi connectivity index (χ3n) is 2.98. The van der Waals surface area contributed by atoms with Crippen LogP contribution in [-0.4, -0.2) is 24.8 Å². The van der Waals surface area contributed by atoms with Crippen LogP contribution in [0.1, 0.15) is 20.8 Å². The molecule has 0 saturated carbocycles. The molecule has 0 radical (unpaired) electrons. The molecule has 1 aliphatic rings. The molecule has 18 heavy (non-hydrogen) atoms. The summed E-state index contributed by atoms with van der Waals surface area (Å²) in [4.78, 5) is 2.10. The number of nitrogens with zero attached hydrogens (tertiary/aromatic N) is 1. The van der Waals surface area contributed by atoms with Crippen LogP contribution in [0, 0.1) is 9.39 Å². The molecule has 1 atom stereocenters. The number of nitrogens with two attached hydrogens (primary N) is 1. The van der Waals surface area contributed by atoms with E-state index in [1.807, 2.05) is 43.4 Å². The highest BCUT2D eigenvalue weighted by Crippen LogP contribution is 2.32. The van der Waals surface area contributed by atoms with Crippen molar-refractivity contribution in [3.63, 3.8) is 0 Å². The van der Waals surface area contributed by atoms with Gasteiger partial charge >= 0.3 is 0 Å². The van der Waals surface area contributed by atoms with Crippen molar-refractivity contribution in [1.82, 2.24) is 0 Å². The molecule has 100 valence electrons. The van der Waals surface area contributed by atoms with Crippen molar-refractivity contribution in [3.05, 3.63) is 21.5 Å². The number of hydrogen-bond donors (Lipinski definition) is 1. The first-order valence-corrected chi connectivity index (χ1v) is 7.04. The average Bonchev–Trinajstić information content (AvgIpc) is 2.20. The summed E-state index contributed by atoms with van der Waals surface area (Å²) >= 11 is 1.95. The van der Waals surface area contributed by atoms with Gasteiger partial charge in [-0.2, -0.15) is 0 Å². The summed E-state index contributed by atoms with van der Waals surface area (Å²) in [6.07, 6.45) is 0.107. The van der Waals surface area contributed by atoms with Gasteiger partial charge < -0.3 is 15.4 Å². The van der Waals surface area contributed by atoms with Gasteiger partial charge in [-0.15, -0.1) is 0 Å². The van der Waals surface area contributed by atoms with Gasteiger partial charge in [0.15, 0.2) is 0 Å². The zero-order valence-electron chi connectivity index (χ0n) is 10.8. The van der Waals surface area contributed by atoms with Gasteiger partial charge in [0.05, 0.1) is 26.6 Å². The van der Waals surface area contributed by atoms with Crippen LogP contribution in [0.3, 0.4) is 0 Å². The fraction of sp³-hybridized carbons (Fsp3) is 0.538. The Balaban J connectivity index is 2.34. The Morgan fingerprint density at radius 3 is 2.78 bits per heavy atom. The van der Waals surface area contributed by atoms with Crippen LogP contribution < -0.4 is 10.6 Å². The summed E-state index contributed by atoms with van der Waals surface area (Å²) < 4.78 is 20.1. The molecule has 1 aliphatic heterocycles. The lowest BCUT2D eigenvalue weighted by Gasteiger charge is -2.43. The zero-order valence-corrected chi connectivity index (χ0v) is 13.0. The highest BCUT2D eigenvalue weighted by atomic mass is 127. The molecule has 5 heteroatoms. The van der Waals surface area contributed by atoms with E-state index < -0.39 is 0 Å². The maximum Gasteiger partial charge on any atom is 0.138 e. The standard InChI is InChI=1S/C13H18FIN2O/c1-8-6-17(7-13(2,3)18-8)12-4-9(14)10(15)5-11(12)16/h4-5,8H,6-7,16H2,1-3H3. The zero-order chi connectivity index (χ0) is 13.5. The number of ether oxygens (including phenoxy) is 1. The Hall–Kier alpha value is -0.560. The van der Waals surface area contributed by atoms with Crippen LogP contribution >= 0.6 is 22.6 Å².